The largest absolute Gasteiger partial charge is 0.313 e. The van der Waals surface area contributed by atoms with E-state index in [1.165, 1.54) is 0 Å². The molecule has 92 valence electrons. The third-order valence-electron chi connectivity index (χ3n) is 3.36. The topological polar surface area (TPSA) is 32.3 Å². The minimum atomic E-state index is -0.169. The number of carbonyl (C=O) groups excluding carboxylic acids is 1. The number of hydrogen-bond donors (Lipinski definition) is 1. The van der Waals surface area contributed by atoms with E-state index in [2.05, 4.69) is 19.2 Å². The minimum Gasteiger partial charge on any atom is -0.313 e. The summed E-state index contributed by atoms with van der Waals surface area (Å²) in [6.45, 7) is 4.30. The van der Waals surface area contributed by atoms with Gasteiger partial charge in [0, 0.05) is 24.3 Å². The summed E-state index contributed by atoms with van der Waals surface area (Å²) >= 11 is 0. The maximum absolute atomic E-state index is 12.2. The van der Waals surface area contributed by atoms with Gasteiger partial charge in [0.25, 0.3) is 0 Å². The van der Waals surface area contributed by atoms with Gasteiger partial charge in [-0.2, -0.15) is 0 Å². The van der Waals surface area contributed by atoms with Gasteiger partial charge in [-0.3, -0.25) is 10.1 Å². The molecule has 0 saturated carbocycles. The van der Waals surface area contributed by atoms with E-state index in [1.807, 2.05) is 31.3 Å². The van der Waals surface area contributed by atoms with Gasteiger partial charge in [0.15, 0.2) is 0 Å². The highest BCUT2D eigenvalue weighted by Crippen LogP contribution is 2.34. The van der Waals surface area contributed by atoms with Crippen LogP contribution in [0.2, 0.25) is 0 Å². The first-order valence-electron chi connectivity index (χ1n) is 6.27. The first-order valence-corrected chi connectivity index (χ1v) is 6.27. The number of hydrogen-bond acceptors (Lipinski definition) is 2. The second-order valence-electron chi connectivity index (χ2n) is 4.75. The van der Waals surface area contributed by atoms with Crippen LogP contribution in [0.25, 0.3) is 0 Å². The number of carbonyl (C=O) groups is 1. The summed E-state index contributed by atoms with van der Waals surface area (Å²) < 4.78 is 0. The molecule has 2 unspecified atom stereocenters. The fourth-order valence-corrected chi connectivity index (χ4v) is 2.44. The first kappa shape index (κ1) is 12.1. The Bertz CT molecular complexity index is 416. The number of para-hydroxylation sites is 1. The molecule has 0 saturated heterocycles. The van der Waals surface area contributed by atoms with Gasteiger partial charge >= 0.3 is 0 Å². The fraction of sp³-hybridized carbons (Fsp3) is 0.500. The lowest BCUT2D eigenvalue weighted by atomic mass is 10.1. The Morgan fingerprint density at radius 2 is 2.12 bits per heavy atom. The quantitative estimate of drug-likeness (QED) is 0.865. The lowest BCUT2D eigenvalue weighted by molar-refractivity contribution is -0.119. The summed E-state index contributed by atoms with van der Waals surface area (Å²) in [6.07, 6.45) is 2.22. The Hall–Kier alpha value is -1.35. The zero-order valence-corrected chi connectivity index (χ0v) is 10.7. The van der Waals surface area contributed by atoms with Crippen LogP contribution in [-0.4, -0.2) is 19.0 Å². The Labute approximate surface area is 103 Å². The Balaban J connectivity index is 2.21. The summed E-state index contributed by atoms with van der Waals surface area (Å²) in [5.41, 5.74) is 2.13. The van der Waals surface area contributed by atoms with Gasteiger partial charge in [-0.25, -0.2) is 0 Å². The SMILES string of the molecule is CCCC(C)NC1C(=O)N(C)c2ccccc21. The molecule has 17 heavy (non-hydrogen) atoms. The molecule has 0 spiro atoms. The monoisotopic (exact) mass is 232 g/mol. The van der Waals surface area contributed by atoms with Crippen LogP contribution in [0.5, 0.6) is 0 Å². The highest BCUT2D eigenvalue weighted by molar-refractivity contribution is 6.04. The molecule has 1 N–H and O–H groups in total. The molecule has 1 heterocycles. The van der Waals surface area contributed by atoms with Crippen molar-refractivity contribution in [2.45, 2.75) is 38.8 Å². The average Bonchev–Trinajstić information content (AvgIpc) is 2.56. The number of amides is 1. The molecule has 1 aromatic carbocycles. The van der Waals surface area contributed by atoms with Crippen LogP contribution in [-0.2, 0) is 4.79 Å². The van der Waals surface area contributed by atoms with Crippen molar-refractivity contribution in [3.8, 4) is 0 Å². The Morgan fingerprint density at radius 3 is 2.82 bits per heavy atom. The normalized spacial score (nSPS) is 20.5. The third kappa shape index (κ3) is 2.20. The standard InChI is InChI=1S/C14H20N2O/c1-4-7-10(2)15-13-11-8-5-6-9-12(11)16(3)14(13)17/h5-6,8-10,13,15H,4,7H2,1-3H3. The van der Waals surface area contributed by atoms with Gasteiger partial charge in [0.1, 0.15) is 6.04 Å². The zero-order valence-electron chi connectivity index (χ0n) is 10.7. The lowest BCUT2D eigenvalue weighted by Gasteiger charge is -2.18. The minimum absolute atomic E-state index is 0.147. The van der Waals surface area contributed by atoms with E-state index in [4.69, 9.17) is 0 Å². The fourth-order valence-electron chi connectivity index (χ4n) is 2.44. The predicted octanol–water partition coefficient (Wildman–Crippen LogP) is 2.48. The summed E-state index contributed by atoms with van der Waals surface area (Å²) in [7, 11) is 1.84. The molecule has 1 aliphatic rings. The van der Waals surface area contributed by atoms with Gasteiger partial charge in [0.05, 0.1) is 0 Å². The zero-order chi connectivity index (χ0) is 12.4. The second-order valence-corrected chi connectivity index (χ2v) is 4.75. The van der Waals surface area contributed by atoms with Gasteiger partial charge in [0.2, 0.25) is 5.91 Å². The molecule has 1 aliphatic heterocycles. The summed E-state index contributed by atoms with van der Waals surface area (Å²) in [5, 5.41) is 3.42. The third-order valence-corrected chi connectivity index (χ3v) is 3.36. The van der Waals surface area contributed by atoms with Crippen molar-refractivity contribution >= 4 is 11.6 Å². The molecular formula is C14H20N2O. The maximum Gasteiger partial charge on any atom is 0.248 e. The molecule has 0 bridgehead atoms. The number of nitrogens with zero attached hydrogens (tertiary/aromatic N) is 1. The molecule has 1 amide bonds. The summed E-state index contributed by atoms with van der Waals surface area (Å²) in [6, 6.07) is 8.20. The van der Waals surface area contributed by atoms with E-state index in [-0.39, 0.29) is 11.9 Å². The number of nitrogens with one attached hydrogen (secondary N) is 1. The van der Waals surface area contributed by atoms with Crippen molar-refractivity contribution in [1.82, 2.24) is 5.32 Å². The van der Waals surface area contributed by atoms with E-state index in [1.54, 1.807) is 4.90 Å². The number of likely N-dealkylation sites (N-methyl/N-ethyl adjacent to an activating group) is 1. The smallest absolute Gasteiger partial charge is 0.248 e. The molecule has 3 heteroatoms. The molecule has 0 aliphatic carbocycles. The van der Waals surface area contributed by atoms with Crippen LogP contribution in [0.3, 0.4) is 0 Å². The average molecular weight is 232 g/mol. The second kappa shape index (κ2) is 4.88. The number of anilines is 1. The molecule has 3 nitrogen and oxygen atoms in total. The van der Waals surface area contributed by atoms with Gasteiger partial charge < -0.3 is 4.90 Å². The lowest BCUT2D eigenvalue weighted by Crippen LogP contribution is -2.37. The van der Waals surface area contributed by atoms with Crippen molar-refractivity contribution < 1.29 is 4.79 Å². The van der Waals surface area contributed by atoms with Crippen LogP contribution in [0.1, 0.15) is 38.3 Å². The maximum atomic E-state index is 12.2. The highest BCUT2D eigenvalue weighted by atomic mass is 16.2. The summed E-state index contributed by atoms with van der Waals surface area (Å²) in [4.78, 5) is 13.9. The molecule has 0 radical (unpaired) electrons. The summed E-state index contributed by atoms with van der Waals surface area (Å²) in [5.74, 6) is 0.147. The predicted molar refractivity (Wildman–Crippen MR) is 70.1 cm³/mol. The van der Waals surface area contributed by atoms with Gasteiger partial charge in [-0.05, 0) is 19.4 Å². The highest BCUT2D eigenvalue weighted by Gasteiger charge is 2.35. The van der Waals surface area contributed by atoms with Crippen LogP contribution in [0, 0.1) is 0 Å². The molecule has 2 atom stereocenters. The van der Waals surface area contributed by atoms with Crippen LogP contribution < -0.4 is 10.2 Å². The van der Waals surface area contributed by atoms with Crippen molar-refractivity contribution in [1.29, 1.82) is 0 Å². The van der Waals surface area contributed by atoms with Crippen molar-refractivity contribution in [3.63, 3.8) is 0 Å². The van der Waals surface area contributed by atoms with E-state index in [9.17, 15) is 4.79 Å². The van der Waals surface area contributed by atoms with E-state index in [0.29, 0.717) is 6.04 Å². The van der Waals surface area contributed by atoms with Crippen molar-refractivity contribution in [2.75, 3.05) is 11.9 Å². The first-order chi connectivity index (χ1) is 8.15. The van der Waals surface area contributed by atoms with Crippen molar-refractivity contribution in [3.05, 3.63) is 29.8 Å². The van der Waals surface area contributed by atoms with E-state index < -0.39 is 0 Å². The van der Waals surface area contributed by atoms with Crippen LogP contribution >= 0.6 is 0 Å². The molecule has 0 aromatic heterocycles. The molecular weight excluding hydrogens is 212 g/mol. The number of rotatable bonds is 4. The Morgan fingerprint density at radius 1 is 1.41 bits per heavy atom. The van der Waals surface area contributed by atoms with E-state index in [0.717, 1.165) is 24.1 Å². The number of benzene rings is 1. The van der Waals surface area contributed by atoms with Gasteiger partial charge in [-0.1, -0.05) is 31.5 Å². The Kier molecular flexibility index (Phi) is 3.48. The van der Waals surface area contributed by atoms with E-state index >= 15 is 0 Å². The van der Waals surface area contributed by atoms with Crippen LogP contribution in [0.4, 0.5) is 5.69 Å². The molecule has 0 fully saturated rings. The molecule has 1 aromatic rings. The number of fused-ring (bicyclic) bond motifs is 1. The van der Waals surface area contributed by atoms with Crippen LogP contribution in [0.15, 0.2) is 24.3 Å². The van der Waals surface area contributed by atoms with Crippen molar-refractivity contribution in [2.24, 2.45) is 0 Å². The van der Waals surface area contributed by atoms with Gasteiger partial charge in [-0.15, -0.1) is 0 Å². The molecule has 2 rings (SSSR count).